The van der Waals surface area contributed by atoms with Gasteiger partial charge in [0.1, 0.15) is 12.1 Å². The van der Waals surface area contributed by atoms with E-state index >= 15 is 0 Å². The highest BCUT2D eigenvalue weighted by Gasteiger charge is 2.24. The number of aliphatic hydroxyl groups is 1. The Hall–Kier alpha value is -2.73. The monoisotopic (exact) mass is 445 g/mol. The van der Waals surface area contributed by atoms with E-state index in [-0.39, 0.29) is 18.3 Å². The molecular weight excluding hydrogens is 410 g/mol. The average molecular weight is 446 g/mol. The predicted octanol–water partition coefficient (Wildman–Crippen LogP) is -2.32. The molecule has 4 amide bonds. The van der Waals surface area contributed by atoms with Crippen molar-refractivity contribution in [3.8, 4) is 0 Å². The molecule has 0 rings (SSSR count). The maximum atomic E-state index is 12.1. The van der Waals surface area contributed by atoms with Crippen LogP contribution in [0.3, 0.4) is 0 Å². The molecule has 0 aliphatic carbocycles. The van der Waals surface area contributed by atoms with Crippen LogP contribution in [-0.2, 0) is 24.0 Å². The van der Waals surface area contributed by atoms with Crippen molar-refractivity contribution < 1.29 is 34.2 Å². The lowest BCUT2D eigenvalue weighted by molar-refractivity contribution is -0.142. The number of nitrogens with two attached hydrogens (primary N) is 1. The molecule has 0 aromatic heterocycles. The molecule has 0 saturated heterocycles. The summed E-state index contributed by atoms with van der Waals surface area (Å²) in [6, 6.07) is -3.22. The summed E-state index contributed by atoms with van der Waals surface area (Å²) in [5.41, 5.74) is 5.70. The van der Waals surface area contributed by atoms with Gasteiger partial charge in [-0.15, -0.1) is 0 Å². The van der Waals surface area contributed by atoms with Gasteiger partial charge in [0.15, 0.2) is 0 Å². The second kappa shape index (κ2) is 14.3. The van der Waals surface area contributed by atoms with Gasteiger partial charge in [-0.1, -0.05) is 27.7 Å². The quantitative estimate of drug-likeness (QED) is 0.154. The molecule has 0 aliphatic heterocycles. The summed E-state index contributed by atoms with van der Waals surface area (Å²) in [6.45, 7) is 5.69. The van der Waals surface area contributed by atoms with E-state index in [1.807, 2.05) is 13.8 Å². The summed E-state index contributed by atoms with van der Waals surface area (Å²) >= 11 is 0. The first kappa shape index (κ1) is 28.3. The molecular formula is C19H35N5O7. The van der Waals surface area contributed by atoms with Gasteiger partial charge < -0.3 is 37.2 Å². The van der Waals surface area contributed by atoms with E-state index in [9.17, 15) is 29.1 Å². The smallest absolute Gasteiger partial charge is 0.326 e. The van der Waals surface area contributed by atoms with E-state index < -0.39 is 67.4 Å². The third-order valence-electron chi connectivity index (χ3n) is 4.08. The minimum Gasteiger partial charge on any atom is -0.480 e. The summed E-state index contributed by atoms with van der Waals surface area (Å²) in [7, 11) is 0. The topological polar surface area (TPSA) is 200 Å². The molecule has 0 fully saturated rings. The minimum absolute atomic E-state index is 0.0328. The zero-order valence-corrected chi connectivity index (χ0v) is 18.4. The molecule has 0 spiro atoms. The van der Waals surface area contributed by atoms with Crippen LogP contribution in [0.25, 0.3) is 0 Å². The molecule has 0 bridgehead atoms. The number of nitrogens with one attached hydrogen (secondary N) is 4. The van der Waals surface area contributed by atoms with Gasteiger partial charge in [-0.3, -0.25) is 19.2 Å². The van der Waals surface area contributed by atoms with Crippen molar-refractivity contribution in [2.24, 2.45) is 17.6 Å². The number of aliphatic carboxylic acids is 1. The number of amides is 4. The average Bonchev–Trinajstić information content (AvgIpc) is 2.66. The van der Waals surface area contributed by atoms with Gasteiger partial charge >= 0.3 is 5.97 Å². The van der Waals surface area contributed by atoms with Crippen LogP contribution in [0.4, 0.5) is 0 Å². The van der Waals surface area contributed by atoms with E-state index in [4.69, 9.17) is 10.8 Å². The summed E-state index contributed by atoms with van der Waals surface area (Å²) < 4.78 is 0. The molecule has 0 aliphatic rings. The van der Waals surface area contributed by atoms with E-state index in [1.165, 1.54) is 0 Å². The zero-order valence-electron chi connectivity index (χ0n) is 18.4. The normalized spacial score (nSPS) is 13.8. The lowest BCUT2D eigenvalue weighted by atomic mass is 10.0. The molecule has 12 heteroatoms. The third-order valence-corrected chi connectivity index (χ3v) is 4.08. The van der Waals surface area contributed by atoms with Gasteiger partial charge in [-0.25, -0.2) is 4.79 Å². The molecule has 178 valence electrons. The first-order valence-electron chi connectivity index (χ1n) is 10.1. The van der Waals surface area contributed by atoms with Crippen molar-refractivity contribution in [3.63, 3.8) is 0 Å². The van der Waals surface area contributed by atoms with Gasteiger partial charge in [-0.05, 0) is 24.7 Å². The number of carboxylic acids is 1. The van der Waals surface area contributed by atoms with Gasteiger partial charge in [0.25, 0.3) is 0 Å². The Morgan fingerprint density at radius 2 is 1.23 bits per heavy atom. The molecule has 3 atom stereocenters. The number of carboxylic acid groups (broad SMARTS) is 1. The molecule has 0 radical (unpaired) electrons. The van der Waals surface area contributed by atoms with Crippen molar-refractivity contribution in [2.75, 3.05) is 19.7 Å². The maximum Gasteiger partial charge on any atom is 0.326 e. The standard InChI is InChI=1S/C19H35N5O7/c1-10(2)5-12(20)17(28)21-7-16(27)24-14(9-25)18(29)22-8-15(26)23-13(19(30)31)6-11(3)4/h10-14,25H,5-9,20H2,1-4H3,(H,21,28)(H,22,29)(H,23,26)(H,24,27)(H,30,31)/t12-,13-,14-/m0/s1. The minimum atomic E-state index is -1.35. The van der Waals surface area contributed by atoms with Crippen molar-refractivity contribution in [1.82, 2.24) is 21.3 Å². The summed E-state index contributed by atoms with van der Waals surface area (Å²) in [4.78, 5) is 58.9. The Bertz CT molecular complexity index is 639. The van der Waals surface area contributed by atoms with Crippen LogP contribution >= 0.6 is 0 Å². The van der Waals surface area contributed by atoms with Crippen LogP contribution in [0.2, 0.25) is 0 Å². The fourth-order valence-corrected chi connectivity index (χ4v) is 2.58. The number of carbonyl (C=O) groups is 5. The highest BCUT2D eigenvalue weighted by molar-refractivity contribution is 5.93. The maximum absolute atomic E-state index is 12.1. The van der Waals surface area contributed by atoms with Crippen molar-refractivity contribution >= 4 is 29.6 Å². The number of aliphatic hydroxyl groups excluding tert-OH is 1. The van der Waals surface area contributed by atoms with Crippen LogP contribution in [0.1, 0.15) is 40.5 Å². The lowest BCUT2D eigenvalue weighted by Gasteiger charge is -2.19. The number of carbonyl (C=O) groups excluding carboxylic acids is 4. The largest absolute Gasteiger partial charge is 0.480 e. The van der Waals surface area contributed by atoms with Gasteiger partial charge in [-0.2, -0.15) is 0 Å². The molecule has 8 N–H and O–H groups in total. The van der Waals surface area contributed by atoms with Crippen LogP contribution < -0.4 is 27.0 Å². The third kappa shape index (κ3) is 12.5. The van der Waals surface area contributed by atoms with Gasteiger partial charge in [0.2, 0.25) is 23.6 Å². The Morgan fingerprint density at radius 1 is 0.774 bits per heavy atom. The highest BCUT2D eigenvalue weighted by Crippen LogP contribution is 2.04. The SMILES string of the molecule is CC(C)C[C@H](NC(=O)CNC(=O)[C@H](CO)NC(=O)CNC(=O)[C@@H](N)CC(C)C)C(=O)O. The Kier molecular flexibility index (Phi) is 13.0. The molecule has 0 saturated carbocycles. The van der Waals surface area contributed by atoms with Crippen molar-refractivity contribution in [1.29, 1.82) is 0 Å². The Balaban J connectivity index is 4.51. The summed E-state index contributed by atoms with van der Waals surface area (Å²) in [5.74, 6) is -3.77. The Morgan fingerprint density at radius 3 is 1.65 bits per heavy atom. The molecule has 0 heterocycles. The molecule has 0 unspecified atom stereocenters. The van der Waals surface area contributed by atoms with Crippen LogP contribution in [0, 0.1) is 11.8 Å². The number of rotatable bonds is 14. The number of hydrogen-bond acceptors (Lipinski definition) is 7. The highest BCUT2D eigenvalue weighted by atomic mass is 16.4. The van der Waals surface area contributed by atoms with E-state index in [1.54, 1.807) is 13.8 Å². The van der Waals surface area contributed by atoms with E-state index in [2.05, 4.69) is 21.3 Å². The zero-order chi connectivity index (χ0) is 24.1. The molecule has 0 aromatic carbocycles. The first-order chi connectivity index (χ1) is 14.4. The van der Waals surface area contributed by atoms with Crippen LogP contribution in [0.15, 0.2) is 0 Å². The van der Waals surface area contributed by atoms with Gasteiger partial charge in [0, 0.05) is 0 Å². The number of hydrogen-bond donors (Lipinski definition) is 7. The fourth-order valence-electron chi connectivity index (χ4n) is 2.58. The second-order valence-corrected chi connectivity index (χ2v) is 8.06. The molecule has 31 heavy (non-hydrogen) atoms. The second-order valence-electron chi connectivity index (χ2n) is 8.06. The first-order valence-corrected chi connectivity index (χ1v) is 10.1. The van der Waals surface area contributed by atoms with Crippen molar-refractivity contribution in [2.45, 2.75) is 58.7 Å². The molecule has 0 aromatic rings. The Labute approximate surface area is 181 Å². The lowest BCUT2D eigenvalue weighted by Crippen LogP contribution is -2.54. The predicted molar refractivity (Wildman–Crippen MR) is 111 cm³/mol. The van der Waals surface area contributed by atoms with E-state index in [0.29, 0.717) is 6.42 Å². The van der Waals surface area contributed by atoms with Gasteiger partial charge in [0.05, 0.1) is 25.7 Å². The van der Waals surface area contributed by atoms with Crippen LogP contribution in [0.5, 0.6) is 0 Å². The van der Waals surface area contributed by atoms with Crippen LogP contribution in [-0.4, -0.2) is 77.6 Å². The van der Waals surface area contributed by atoms with E-state index in [0.717, 1.165) is 0 Å². The summed E-state index contributed by atoms with van der Waals surface area (Å²) in [6.07, 6.45) is 0.661. The fraction of sp³-hybridized carbons (Fsp3) is 0.737. The van der Waals surface area contributed by atoms with Crippen molar-refractivity contribution in [3.05, 3.63) is 0 Å². The molecule has 12 nitrogen and oxygen atoms in total. The summed E-state index contributed by atoms with van der Waals surface area (Å²) in [5, 5.41) is 27.5.